The minimum absolute atomic E-state index is 0.114. The van der Waals surface area contributed by atoms with E-state index in [1.54, 1.807) is 6.20 Å². The van der Waals surface area contributed by atoms with Crippen LogP contribution < -0.4 is 24.6 Å². The molecule has 64 heavy (non-hydrogen) atoms. The molecular formula is C45H51ClN8O8S2. The van der Waals surface area contributed by atoms with Gasteiger partial charge in [-0.15, -0.1) is 11.3 Å². The van der Waals surface area contributed by atoms with Crippen LogP contribution in [0.25, 0.3) is 16.6 Å². The number of rotatable bonds is 12. The zero-order chi connectivity index (χ0) is 44.6. The zero-order valence-electron chi connectivity index (χ0n) is 35.7. The van der Waals surface area contributed by atoms with E-state index < -0.39 is 31.4 Å². The number of aromatic amines is 1. The van der Waals surface area contributed by atoms with Crippen molar-refractivity contribution in [1.29, 1.82) is 0 Å². The highest BCUT2D eigenvalue weighted by atomic mass is 35.5. The molecular weight excluding hydrogens is 880 g/mol. The molecule has 3 aliphatic heterocycles. The molecule has 3 aromatic heterocycles. The van der Waals surface area contributed by atoms with Gasteiger partial charge in [-0.1, -0.05) is 43.2 Å². The zero-order valence-corrected chi connectivity index (χ0v) is 38.1. The Bertz CT molecular complexity index is 2690. The van der Waals surface area contributed by atoms with E-state index in [1.165, 1.54) is 40.2 Å². The molecule has 19 heteroatoms. The second kappa shape index (κ2) is 18.3. The smallest absolute Gasteiger partial charge is 0.293 e. The van der Waals surface area contributed by atoms with E-state index in [4.69, 9.17) is 30.8 Å². The number of allylic oxidation sites excluding steroid dienone is 1. The number of aromatic nitrogens is 2. The molecule has 5 aromatic rings. The van der Waals surface area contributed by atoms with Crippen LogP contribution in [0.1, 0.15) is 54.8 Å². The lowest BCUT2D eigenvalue weighted by atomic mass is 9.72. The quantitative estimate of drug-likeness (QED) is 0.0813. The van der Waals surface area contributed by atoms with E-state index >= 15 is 0 Å². The highest BCUT2D eigenvalue weighted by Gasteiger charge is 2.33. The molecule has 3 N–H and O–H groups in total. The predicted molar refractivity (Wildman–Crippen MR) is 249 cm³/mol. The fourth-order valence-corrected chi connectivity index (χ4v) is 11.1. The topological polar surface area (TPSA) is 184 Å². The highest BCUT2D eigenvalue weighted by Crippen LogP contribution is 2.46. The van der Waals surface area contributed by atoms with Gasteiger partial charge in [0.1, 0.15) is 21.9 Å². The van der Waals surface area contributed by atoms with Gasteiger partial charge in [-0.2, -0.15) is 4.98 Å². The maximum Gasteiger partial charge on any atom is 0.293 e. The SMILES string of the molecule is CC1(C)CCC(CN2CCN(c3cc(N4CCCOc5nc6[nH]ccc6cc54)c(C(=O)NS(=O)(=O)c4ccc(NC[C@H]5COCCO5)c([N+](=O)[O-])c4)s3)CC2)=C(c2ccc(Cl)cc2)C1. The number of piperazine rings is 1. The number of carbonyl (C=O) groups excluding carboxylic acids is 1. The number of amides is 1. The molecule has 0 unspecified atom stereocenters. The maximum atomic E-state index is 14.4. The summed E-state index contributed by atoms with van der Waals surface area (Å²) in [5, 5.41) is 17.6. The van der Waals surface area contributed by atoms with E-state index in [2.05, 4.69) is 50.8 Å². The Labute approximate surface area is 380 Å². The van der Waals surface area contributed by atoms with Crippen molar-refractivity contribution in [3.8, 4) is 5.88 Å². The largest absolute Gasteiger partial charge is 0.476 e. The number of nitrogens with zero attached hydrogens (tertiary/aromatic N) is 5. The van der Waals surface area contributed by atoms with Gasteiger partial charge in [0.15, 0.2) is 0 Å². The number of nitro groups is 1. The summed E-state index contributed by atoms with van der Waals surface area (Å²) >= 11 is 7.48. The van der Waals surface area contributed by atoms with E-state index in [0.717, 1.165) is 60.4 Å². The summed E-state index contributed by atoms with van der Waals surface area (Å²) in [5.41, 5.74) is 5.78. The Balaban J connectivity index is 0.986. The van der Waals surface area contributed by atoms with Gasteiger partial charge in [-0.05, 0) is 84.7 Å². The van der Waals surface area contributed by atoms with Gasteiger partial charge in [0.05, 0.1) is 53.0 Å². The number of thiophene rings is 1. The summed E-state index contributed by atoms with van der Waals surface area (Å²) < 4.78 is 47.3. The average Bonchev–Trinajstić information content (AvgIpc) is 3.89. The number of halogens is 1. The van der Waals surface area contributed by atoms with Crippen molar-refractivity contribution in [2.75, 3.05) is 87.4 Å². The molecule has 0 radical (unpaired) electrons. The van der Waals surface area contributed by atoms with Crippen molar-refractivity contribution < 1.29 is 32.3 Å². The first-order valence-corrected chi connectivity index (χ1v) is 24.2. The van der Waals surface area contributed by atoms with Crippen molar-refractivity contribution in [2.45, 2.75) is 50.5 Å². The van der Waals surface area contributed by atoms with E-state index in [9.17, 15) is 23.3 Å². The summed E-state index contributed by atoms with van der Waals surface area (Å²) in [6.07, 6.45) is 5.25. The number of fused-ring (bicyclic) bond motifs is 2. The second-order valence-corrected chi connectivity index (χ2v) is 20.5. The Kier molecular flexibility index (Phi) is 12.6. The third kappa shape index (κ3) is 9.58. The van der Waals surface area contributed by atoms with E-state index in [0.29, 0.717) is 75.4 Å². The molecule has 0 saturated carbocycles. The van der Waals surface area contributed by atoms with E-state index in [-0.39, 0.29) is 28.6 Å². The Hall–Kier alpha value is -5.24. The number of hydrogen-bond acceptors (Lipinski definition) is 14. The van der Waals surface area contributed by atoms with Gasteiger partial charge in [0.2, 0.25) is 5.88 Å². The van der Waals surface area contributed by atoms with Gasteiger partial charge in [-0.3, -0.25) is 19.8 Å². The number of ether oxygens (including phenoxy) is 3. The van der Waals surface area contributed by atoms with Crippen LogP contribution in [0.3, 0.4) is 0 Å². The standard InChI is InChI=1S/C45H51ClN8O8S2/c1-45(2)12-10-31(35(25-45)29-4-6-32(46)7-5-29)27-51-15-17-52(18-16-51)40-24-38(53-14-3-19-62-44-39(53)22-30-11-13-47-42(30)49-44)41(63-40)43(55)50-64(58,59)34-8-9-36(37(23-34)54(56)57)48-26-33-28-60-20-21-61-33/h4-9,11,13,22-24,33,48H,3,10,12,14-21,25-28H2,1-2H3,(H,47,49)(H,50,55)/t33-/m0/s1. The lowest BCUT2D eigenvalue weighted by molar-refractivity contribution is -0.384. The number of nitro benzene ring substituents is 1. The Morgan fingerprint density at radius 3 is 2.61 bits per heavy atom. The molecule has 338 valence electrons. The van der Waals surface area contributed by atoms with E-state index in [1.807, 2.05) is 35.2 Å². The summed E-state index contributed by atoms with van der Waals surface area (Å²) in [4.78, 5) is 40.3. The molecule has 16 nitrogen and oxygen atoms in total. The fraction of sp³-hybridized carbons (Fsp3) is 0.422. The van der Waals surface area contributed by atoms with Crippen molar-refractivity contribution in [1.82, 2.24) is 19.6 Å². The van der Waals surface area contributed by atoms with Gasteiger partial charge in [0.25, 0.3) is 21.6 Å². The predicted octanol–water partition coefficient (Wildman–Crippen LogP) is 7.84. The fourth-order valence-electron chi connectivity index (χ4n) is 8.85. The number of benzene rings is 2. The van der Waals surface area contributed by atoms with Crippen LogP contribution in [-0.2, 0) is 19.5 Å². The molecule has 1 atom stereocenters. The third-order valence-electron chi connectivity index (χ3n) is 12.3. The van der Waals surface area contributed by atoms with Gasteiger partial charge >= 0.3 is 0 Å². The number of anilines is 4. The first kappa shape index (κ1) is 44.0. The molecule has 1 amide bonds. The number of sulfonamides is 1. The van der Waals surface area contributed by atoms with Crippen LogP contribution in [0.5, 0.6) is 5.88 Å². The lowest BCUT2D eigenvalue weighted by Gasteiger charge is -2.39. The molecule has 2 saturated heterocycles. The summed E-state index contributed by atoms with van der Waals surface area (Å²) in [5.74, 6) is -0.455. The van der Waals surface area contributed by atoms with Crippen LogP contribution in [0.2, 0.25) is 5.02 Å². The van der Waals surface area contributed by atoms with Crippen LogP contribution in [0, 0.1) is 15.5 Å². The monoisotopic (exact) mass is 930 g/mol. The summed E-state index contributed by atoms with van der Waals surface area (Å²) in [7, 11) is -4.58. The minimum atomic E-state index is -4.58. The molecule has 9 rings (SSSR count). The molecule has 2 fully saturated rings. The van der Waals surface area contributed by atoms with Gasteiger partial charge < -0.3 is 34.3 Å². The summed E-state index contributed by atoms with van der Waals surface area (Å²) in [6.45, 7) is 10.8. The minimum Gasteiger partial charge on any atom is -0.476 e. The van der Waals surface area contributed by atoms with Crippen LogP contribution in [0.15, 0.2) is 77.3 Å². The number of pyridine rings is 1. The first-order chi connectivity index (χ1) is 30.8. The Morgan fingerprint density at radius 2 is 1.84 bits per heavy atom. The maximum absolute atomic E-state index is 14.4. The van der Waals surface area contributed by atoms with Crippen molar-refractivity contribution >= 4 is 83.2 Å². The molecule has 6 heterocycles. The Morgan fingerprint density at radius 1 is 1.03 bits per heavy atom. The molecule has 4 aliphatic rings. The number of H-pyrrole nitrogens is 1. The molecule has 1 aliphatic carbocycles. The van der Waals surface area contributed by atoms with Crippen LogP contribution in [-0.4, -0.2) is 112 Å². The summed E-state index contributed by atoms with van der Waals surface area (Å²) in [6, 6.07) is 17.5. The normalized spacial score (nSPS) is 19.5. The second-order valence-electron chi connectivity index (χ2n) is 17.4. The molecule has 0 bridgehead atoms. The first-order valence-electron chi connectivity index (χ1n) is 21.6. The van der Waals surface area contributed by atoms with Gasteiger partial charge in [0, 0.05) is 68.5 Å². The van der Waals surface area contributed by atoms with Crippen LogP contribution >= 0.6 is 22.9 Å². The highest BCUT2D eigenvalue weighted by molar-refractivity contribution is 7.90. The number of carbonyl (C=O) groups is 1. The molecule has 2 aromatic carbocycles. The van der Waals surface area contributed by atoms with Crippen molar-refractivity contribution in [3.63, 3.8) is 0 Å². The average molecular weight is 932 g/mol. The number of nitrogens with one attached hydrogen (secondary N) is 3. The third-order valence-corrected chi connectivity index (χ3v) is 15.1. The van der Waals surface area contributed by atoms with Crippen molar-refractivity contribution in [3.05, 3.63) is 98.0 Å². The van der Waals surface area contributed by atoms with Gasteiger partial charge in [-0.25, -0.2) is 13.1 Å². The molecule has 0 spiro atoms. The lowest BCUT2D eigenvalue weighted by Crippen LogP contribution is -2.47. The van der Waals surface area contributed by atoms with Crippen molar-refractivity contribution in [2.24, 2.45) is 5.41 Å². The van der Waals surface area contributed by atoms with Crippen LogP contribution in [0.4, 0.5) is 27.8 Å². The number of hydrogen-bond donors (Lipinski definition) is 3.